The van der Waals surface area contributed by atoms with Crippen LogP contribution in [0.15, 0.2) is 0 Å². The minimum Gasteiger partial charge on any atom is -0.378 e. The average molecular weight is 155 g/mol. The van der Waals surface area contributed by atoms with Crippen molar-refractivity contribution in [2.45, 2.75) is 38.3 Å². The van der Waals surface area contributed by atoms with Crippen molar-refractivity contribution in [3.8, 4) is 0 Å². The Balaban J connectivity index is 1.99. The van der Waals surface area contributed by atoms with Gasteiger partial charge in [-0.05, 0) is 26.3 Å². The molecule has 64 valence electrons. The summed E-state index contributed by atoms with van der Waals surface area (Å²) in [6, 6.07) is 1.40. The van der Waals surface area contributed by atoms with Crippen LogP contribution in [0.25, 0.3) is 0 Å². The third kappa shape index (κ3) is 1.42. The zero-order valence-corrected chi connectivity index (χ0v) is 7.25. The molecule has 11 heavy (non-hydrogen) atoms. The van der Waals surface area contributed by atoms with Crippen LogP contribution < -0.4 is 0 Å². The fraction of sp³-hybridized carbons (Fsp3) is 1.00. The lowest BCUT2D eigenvalue weighted by Gasteiger charge is -2.43. The molecule has 2 heterocycles. The highest BCUT2D eigenvalue weighted by Crippen LogP contribution is 2.22. The number of ether oxygens (including phenoxy) is 1. The van der Waals surface area contributed by atoms with E-state index in [0.717, 1.165) is 19.3 Å². The molecule has 0 aromatic carbocycles. The Hall–Kier alpha value is -0.0800. The van der Waals surface area contributed by atoms with Gasteiger partial charge in [0.2, 0.25) is 0 Å². The lowest BCUT2D eigenvalue weighted by atomic mass is 9.99. The minimum atomic E-state index is 0.661. The SMILES string of the molecule is C[C@@H]1COC[C@@H]2CCCCN21. The Morgan fingerprint density at radius 3 is 3.00 bits per heavy atom. The summed E-state index contributed by atoms with van der Waals surface area (Å²) in [7, 11) is 0. The monoisotopic (exact) mass is 155 g/mol. The van der Waals surface area contributed by atoms with Crippen LogP contribution in [0, 0.1) is 0 Å². The van der Waals surface area contributed by atoms with Crippen LogP contribution in [-0.4, -0.2) is 36.7 Å². The topological polar surface area (TPSA) is 12.5 Å². The van der Waals surface area contributed by atoms with Crippen molar-refractivity contribution >= 4 is 0 Å². The Kier molecular flexibility index (Phi) is 2.14. The average Bonchev–Trinajstić information content (AvgIpc) is 2.06. The lowest BCUT2D eigenvalue weighted by Crippen LogP contribution is -2.52. The van der Waals surface area contributed by atoms with Gasteiger partial charge in [-0.3, -0.25) is 4.90 Å². The highest BCUT2D eigenvalue weighted by atomic mass is 16.5. The summed E-state index contributed by atoms with van der Waals surface area (Å²) in [5, 5.41) is 0. The number of rotatable bonds is 0. The van der Waals surface area contributed by atoms with Crippen LogP contribution in [0.2, 0.25) is 0 Å². The van der Waals surface area contributed by atoms with E-state index in [1.165, 1.54) is 25.8 Å². The molecule has 2 heteroatoms. The minimum absolute atomic E-state index is 0.661. The fourth-order valence-corrected chi connectivity index (χ4v) is 2.25. The van der Waals surface area contributed by atoms with E-state index in [-0.39, 0.29) is 0 Å². The van der Waals surface area contributed by atoms with E-state index in [9.17, 15) is 0 Å². The third-order valence-corrected chi connectivity index (χ3v) is 2.91. The van der Waals surface area contributed by atoms with Crippen LogP contribution >= 0.6 is 0 Å². The van der Waals surface area contributed by atoms with Crippen molar-refractivity contribution in [2.24, 2.45) is 0 Å². The number of nitrogens with zero attached hydrogens (tertiary/aromatic N) is 1. The first-order valence-electron chi connectivity index (χ1n) is 4.71. The summed E-state index contributed by atoms with van der Waals surface area (Å²) in [4.78, 5) is 2.62. The second-order valence-electron chi connectivity index (χ2n) is 3.77. The first-order valence-corrected chi connectivity index (χ1v) is 4.71. The van der Waals surface area contributed by atoms with E-state index in [1.54, 1.807) is 0 Å². The van der Waals surface area contributed by atoms with Crippen molar-refractivity contribution in [1.82, 2.24) is 4.90 Å². The van der Waals surface area contributed by atoms with Crippen molar-refractivity contribution in [3.05, 3.63) is 0 Å². The Bertz CT molecular complexity index is 136. The van der Waals surface area contributed by atoms with Crippen molar-refractivity contribution in [3.63, 3.8) is 0 Å². The summed E-state index contributed by atoms with van der Waals surface area (Å²) in [6.07, 6.45) is 4.14. The van der Waals surface area contributed by atoms with Crippen LogP contribution in [-0.2, 0) is 4.74 Å². The van der Waals surface area contributed by atoms with E-state index in [0.29, 0.717) is 6.04 Å². The van der Waals surface area contributed by atoms with Gasteiger partial charge in [0.15, 0.2) is 0 Å². The van der Waals surface area contributed by atoms with Crippen LogP contribution in [0.4, 0.5) is 0 Å². The van der Waals surface area contributed by atoms with E-state index in [4.69, 9.17) is 4.74 Å². The molecule has 0 N–H and O–H groups in total. The van der Waals surface area contributed by atoms with Gasteiger partial charge in [-0.2, -0.15) is 0 Å². The Morgan fingerprint density at radius 1 is 1.27 bits per heavy atom. The van der Waals surface area contributed by atoms with Gasteiger partial charge in [-0.1, -0.05) is 6.42 Å². The zero-order chi connectivity index (χ0) is 7.68. The Labute approximate surface area is 68.5 Å². The van der Waals surface area contributed by atoms with Gasteiger partial charge in [0.1, 0.15) is 0 Å². The van der Waals surface area contributed by atoms with Crippen LogP contribution in [0.5, 0.6) is 0 Å². The summed E-state index contributed by atoms with van der Waals surface area (Å²) in [6.45, 7) is 5.49. The number of morpholine rings is 1. The van der Waals surface area contributed by atoms with E-state index in [2.05, 4.69) is 11.8 Å². The van der Waals surface area contributed by atoms with E-state index in [1.807, 2.05) is 0 Å². The van der Waals surface area contributed by atoms with Gasteiger partial charge < -0.3 is 4.74 Å². The molecule has 2 atom stereocenters. The van der Waals surface area contributed by atoms with Gasteiger partial charge in [-0.25, -0.2) is 0 Å². The second-order valence-corrected chi connectivity index (χ2v) is 3.77. The summed E-state index contributed by atoms with van der Waals surface area (Å²) >= 11 is 0. The molecule has 0 amide bonds. The van der Waals surface area contributed by atoms with Crippen molar-refractivity contribution in [2.75, 3.05) is 19.8 Å². The molecule has 0 aliphatic carbocycles. The Morgan fingerprint density at radius 2 is 2.18 bits per heavy atom. The third-order valence-electron chi connectivity index (χ3n) is 2.91. The first-order chi connectivity index (χ1) is 5.38. The predicted octanol–water partition coefficient (Wildman–Crippen LogP) is 1.26. The number of piperidine rings is 1. The molecule has 2 aliphatic heterocycles. The molecule has 0 spiro atoms. The highest BCUT2D eigenvalue weighted by Gasteiger charge is 2.29. The summed E-state index contributed by atoms with van der Waals surface area (Å²) < 4.78 is 5.51. The quantitative estimate of drug-likeness (QED) is 0.522. The molecule has 2 rings (SSSR count). The number of fused-ring (bicyclic) bond motifs is 1. The van der Waals surface area contributed by atoms with Gasteiger partial charge in [-0.15, -0.1) is 0 Å². The molecule has 0 unspecified atom stereocenters. The van der Waals surface area contributed by atoms with Gasteiger partial charge in [0, 0.05) is 12.1 Å². The fourth-order valence-electron chi connectivity index (χ4n) is 2.25. The molecule has 2 aliphatic rings. The molecule has 2 nitrogen and oxygen atoms in total. The van der Waals surface area contributed by atoms with Gasteiger partial charge in [0.05, 0.1) is 13.2 Å². The number of hydrogen-bond acceptors (Lipinski definition) is 2. The van der Waals surface area contributed by atoms with E-state index >= 15 is 0 Å². The smallest absolute Gasteiger partial charge is 0.0622 e. The van der Waals surface area contributed by atoms with Gasteiger partial charge in [0.25, 0.3) is 0 Å². The molecule has 0 saturated carbocycles. The predicted molar refractivity (Wildman–Crippen MR) is 44.6 cm³/mol. The van der Waals surface area contributed by atoms with Crippen LogP contribution in [0.1, 0.15) is 26.2 Å². The van der Waals surface area contributed by atoms with E-state index < -0.39 is 0 Å². The molecule has 2 saturated heterocycles. The van der Waals surface area contributed by atoms with Crippen molar-refractivity contribution in [1.29, 1.82) is 0 Å². The maximum absolute atomic E-state index is 5.51. The zero-order valence-electron chi connectivity index (χ0n) is 7.25. The summed E-state index contributed by atoms with van der Waals surface area (Å²) in [5.41, 5.74) is 0. The normalized spacial score (nSPS) is 40.1. The highest BCUT2D eigenvalue weighted by molar-refractivity contribution is 4.83. The second kappa shape index (κ2) is 3.11. The maximum atomic E-state index is 5.51. The molecule has 2 fully saturated rings. The van der Waals surface area contributed by atoms with Gasteiger partial charge >= 0.3 is 0 Å². The van der Waals surface area contributed by atoms with Crippen molar-refractivity contribution < 1.29 is 4.74 Å². The maximum Gasteiger partial charge on any atom is 0.0622 e. The van der Waals surface area contributed by atoms with Crippen LogP contribution in [0.3, 0.4) is 0 Å². The summed E-state index contributed by atoms with van der Waals surface area (Å²) in [5.74, 6) is 0. The molecular weight excluding hydrogens is 138 g/mol. The molecule has 0 aromatic rings. The molecule has 0 radical (unpaired) electrons. The molecule has 0 bridgehead atoms. The standard InChI is InChI=1S/C9H17NO/c1-8-6-11-7-9-4-2-3-5-10(8)9/h8-9H,2-7H2,1H3/t8-,9+/m1/s1. The molecular formula is C9H17NO. The first kappa shape index (κ1) is 7.56. The number of hydrogen-bond donors (Lipinski definition) is 0. The lowest BCUT2D eigenvalue weighted by molar-refractivity contribution is -0.0575. The molecule has 0 aromatic heterocycles. The largest absolute Gasteiger partial charge is 0.378 e.